The molecule has 0 heterocycles. The van der Waals surface area contributed by atoms with Crippen molar-refractivity contribution in [3.63, 3.8) is 0 Å². The van der Waals surface area contributed by atoms with Gasteiger partial charge < -0.3 is 15.2 Å². The molecule has 2 rings (SSSR count). The van der Waals surface area contributed by atoms with E-state index in [2.05, 4.69) is 6.07 Å². The molecule has 0 unspecified atom stereocenters. The number of nitrogen functional groups attached to an aromatic ring is 1. The smallest absolute Gasteiger partial charge is 0.142 e. The van der Waals surface area contributed by atoms with E-state index in [9.17, 15) is 0 Å². The monoisotopic (exact) mass is 268 g/mol. The third-order valence-electron chi connectivity index (χ3n) is 2.94. The number of anilines is 1. The van der Waals surface area contributed by atoms with E-state index in [1.54, 1.807) is 19.2 Å². The van der Waals surface area contributed by atoms with Crippen molar-refractivity contribution in [2.45, 2.75) is 13.5 Å². The Bertz CT molecular complexity index is 660. The maximum Gasteiger partial charge on any atom is 0.142 e. The van der Waals surface area contributed by atoms with Gasteiger partial charge in [0.25, 0.3) is 0 Å². The number of aryl methyl sites for hydroxylation is 1. The van der Waals surface area contributed by atoms with Crippen LogP contribution in [0, 0.1) is 18.3 Å². The molecule has 0 aliphatic rings. The molecule has 2 aromatic rings. The van der Waals surface area contributed by atoms with Gasteiger partial charge in [0.05, 0.1) is 18.4 Å². The van der Waals surface area contributed by atoms with Gasteiger partial charge in [-0.05, 0) is 42.3 Å². The van der Waals surface area contributed by atoms with Crippen molar-refractivity contribution in [1.29, 1.82) is 5.26 Å². The molecule has 102 valence electrons. The molecule has 0 aromatic heterocycles. The fourth-order valence-electron chi connectivity index (χ4n) is 1.89. The van der Waals surface area contributed by atoms with Gasteiger partial charge in [0.2, 0.25) is 0 Å². The lowest BCUT2D eigenvalue weighted by atomic mass is 10.1. The first kappa shape index (κ1) is 13.8. The van der Waals surface area contributed by atoms with Crippen molar-refractivity contribution in [3.05, 3.63) is 53.1 Å². The summed E-state index contributed by atoms with van der Waals surface area (Å²) in [5.74, 6) is 1.20. The van der Waals surface area contributed by atoms with Crippen LogP contribution in [0.4, 0.5) is 5.69 Å². The lowest BCUT2D eigenvalue weighted by Gasteiger charge is -2.10. The summed E-state index contributed by atoms with van der Waals surface area (Å²) in [6.07, 6.45) is 0. The van der Waals surface area contributed by atoms with Crippen LogP contribution in [0.2, 0.25) is 0 Å². The van der Waals surface area contributed by atoms with Crippen molar-refractivity contribution >= 4 is 5.69 Å². The predicted molar refractivity (Wildman–Crippen MR) is 77.6 cm³/mol. The average Bonchev–Trinajstić information content (AvgIpc) is 2.46. The quantitative estimate of drug-likeness (QED) is 0.865. The molecular weight excluding hydrogens is 252 g/mol. The van der Waals surface area contributed by atoms with E-state index < -0.39 is 0 Å². The van der Waals surface area contributed by atoms with Crippen LogP contribution >= 0.6 is 0 Å². The van der Waals surface area contributed by atoms with Gasteiger partial charge in [-0.15, -0.1) is 0 Å². The van der Waals surface area contributed by atoms with E-state index in [0.29, 0.717) is 29.4 Å². The van der Waals surface area contributed by atoms with Gasteiger partial charge in [-0.3, -0.25) is 0 Å². The van der Waals surface area contributed by atoms with E-state index in [1.807, 2.05) is 31.2 Å². The number of rotatable bonds is 4. The minimum absolute atomic E-state index is 0.353. The number of nitriles is 1. The second-order valence-corrected chi connectivity index (χ2v) is 4.48. The Morgan fingerprint density at radius 2 is 1.90 bits per heavy atom. The summed E-state index contributed by atoms with van der Waals surface area (Å²) in [5, 5.41) is 9.04. The van der Waals surface area contributed by atoms with Crippen LogP contribution in [-0.4, -0.2) is 7.11 Å². The second-order valence-electron chi connectivity index (χ2n) is 4.48. The first-order valence-electron chi connectivity index (χ1n) is 6.20. The van der Waals surface area contributed by atoms with E-state index in [4.69, 9.17) is 20.5 Å². The highest BCUT2D eigenvalue weighted by Gasteiger charge is 2.05. The predicted octanol–water partition coefficient (Wildman–Crippen LogP) is 3.04. The summed E-state index contributed by atoms with van der Waals surface area (Å²) >= 11 is 0. The summed E-state index contributed by atoms with van der Waals surface area (Å²) < 4.78 is 10.8. The number of benzene rings is 2. The average molecular weight is 268 g/mol. The van der Waals surface area contributed by atoms with Crippen LogP contribution in [0.3, 0.4) is 0 Å². The SMILES string of the molecule is COc1ccc(COc2ccc(C)cc2N)cc1C#N. The molecule has 0 radical (unpaired) electrons. The molecule has 0 fully saturated rings. The van der Waals surface area contributed by atoms with Crippen molar-refractivity contribution in [2.75, 3.05) is 12.8 Å². The van der Waals surface area contributed by atoms with Crippen LogP contribution in [0.1, 0.15) is 16.7 Å². The molecule has 0 saturated heterocycles. The third-order valence-corrected chi connectivity index (χ3v) is 2.94. The lowest BCUT2D eigenvalue weighted by molar-refractivity contribution is 0.307. The Kier molecular flexibility index (Phi) is 4.11. The molecular formula is C16H16N2O2. The highest BCUT2D eigenvalue weighted by atomic mass is 16.5. The zero-order chi connectivity index (χ0) is 14.5. The highest BCUT2D eigenvalue weighted by molar-refractivity contribution is 5.54. The Labute approximate surface area is 118 Å². The molecule has 0 aliphatic carbocycles. The summed E-state index contributed by atoms with van der Waals surface area (Å²) in [5.41, 5.74) is 8.97. The standard InChI is InChI=1S/C16H16N2O2/c1-11-3-5-16(14(18)7-11)20-10-12-4-6-15(19-2)13(8-12)9-17/h3-8H,10,18H2,1-2H3. The zero-order valence-corrected chi connectivity index (χ0v) is 11.5. The maximum atomic E-state index is 9.04. The van der Waals surface area contributed by atoms with Crippen molar-refractivity contribution < 1.29 is 9.47 Å². The number of ether oxygens (including phenoxy) is 2. The first-order chi connectivity index (χ1) is 9.63. The van der Waals surface area contributed by atoms with Crippen molar-refractivity contribution in [2.24, 2.45) is 0 Å². The number of hydrogen-bond acceptors (Lipinski definition) is 4. The van der Waals surface area contributed by atoms with Crippen molar-refractivity contribution in [1.82, 2.24) is 0 Å². The summed E-state index contributed by atoms with van der Waals surface area (Å²) in [6, 6.07) is 13.1. The highest BCUT2D eigenvalue weighted by Crippen LogP contribution is 2.24. The zero-order valence-electron chi connectivity index (χ0n) is 11.5. The van der Waals surface area contributed by atoms with Gasteiger partial charge >= 0.3 is 0 Å². The van der Waals surface area contributed by atoms with E-state index in [1.165, 1.54) is 0 Å². The Balaban J connectivity index is 2.13. The van der Waals surface area contributed by atoms with E-state index in [0.717, 1.165) is 11.1 Å². The van der Waals surface area contributed by atoms with Crippen LogP contribution in [-0.2, 0) is 6.61 Å². The van der Waals surface area contributed by atoms with E-state index >= 15 is 0 Å². The number of methoxy groups -OCH3 is 1. The maximum absolute atomic E-state index is 9.04. The van der Waals surface area contributed by atoms with Crippen LogP contribution < -0.4 is 15.2 Å². The largest absolute Gasteiger partial charge is 0.495 e. The third kappa shape index (κ3) is 3.01. The number of hydrogen-bond donors (Lipinski definition) is 1. The fourth-order valence-corrected chi connectivity index (χ4v) is 1.89. The van der Waals surface area contributed by atoms with Crippen LogP contribution in [0.5, 0.6) is 11.5 Å². The van der Waals surface area contributed by atoms with Gasteiger partial charge in [0, 0.05) is 0 Å². The van der Waals surface area contributed by atoms with Gasteiger partial charge in [-0.1, -0.05) is 12.1 Å². The van der Waals surface area contributed by atoms with Crippen molar-refractivity contribution in [3.8, 4) is 17.6 Å². The lowest BCUT2D eigenvalue weighted by Crippen LogP contribution is -2.00. The molecule has 2 N–H and O–H groups in total. The van der Waals surface area contributed by atoms with E-state index in [-0.39, 0.29) is 0 Å². The van der Waals surface area contributed by atoms with Gasteiger partial charge in [0.1, 0.15) is 24.2 Å². The topological polar surface area (TPSA) is 68.3 Å². The molecule has 0 spiro atoms. The second kappa shape index (κ2) is 5.98. The molecule has 0 atom stereocenters. The molecule has 0 amide bonds. The minimum Gasteiger partial charge on any atom is -0.495 e. The first-order valence-corrected chi connectivity index (χ1v) is 6.20. The molecule has 20 heavy (non-hydrogen) atoms. The van der Waals surface area contributed by atoms with Crippen LogP contribution in [0.25, 0.3) is 0 Å². The molecule has 4 heteroatoms. The molecule has 4 nitrogen and oxygen atoms in total. The number of nitrogens with two attached hydrogens (primary N) is 1. The van der Waals surface area contributed by atoms with Crippen LogP contribution in [0.15, 0.2) is 36.4 Å². The minimum atomic E-state index is 0.353. The van der Waals surface area contributed by atoms with Gasteiger partial charge in [0.15, 0.2) is 0 Å². The fraction of sp³-hybridized carbons (Fsp3) is 0.188. The number of nitrogens with zero attached hydrogens (tertiary/aromatic N) is 1. The molecule has 2 aromatic carbocycles. The molecule has 0 aliphatic heterocycles. The van der Waals surface area contributed by atoms with Gasteiger partial charge in [-0.2, -0.15) is 5.26 Å². The normalized spacial score (nSPS) is 9.85. The molecule has 0 saturated carbocycles. The Hall–Kier alpha value is -2.67. The summed E-state index contributed by atoms with van der Waals surface area (Å²) in [7, 11) is 1.54. The Morgan fingerprint density at radius 3 is 2.55 bits per heavy atom. The summed E-state index contributed by atoms with van der Waals surface area (Å²) in [4.78, 5) is 0. The summed E-state index contributed by atoms with van der Waals surface area (Å²) in [6.45, 7) is 2.33. The Morgan fingerprint density at radius 1 is 1.15 bits per heavy atom. The molecule has 0 bridgehead atoms. The van der Waals surface area contributed by atoms with Gasteiger partial charge in [-0.25, -0.2) is 0 Å².